The largest absolute Gasteiger partial charge is 0.476 e. The topological polar surface area (TPSA) is 146 Å². The van der Waals surface area contributed by atoms with Gasteiger partial charge in [0, 0.05) is 44.2 Å². The molecule has 5 atom stereocenters. The number of amides is 2. The van der Waals surface area contributed by atoms with Crippen LogP contribution in [-0.2, 0) is 23.9 Å². The van der Waals surface area contributed by atoms with Crippen LogP contribution in [0.15, 0.2) is 5.38 Å². The first kappa shape index (κ1) is 36.3. The number of ether oxygens (including phenoxy) is 1. The zero-order valence-electron chi connectivity index (χ0n) is 26.8. The molecule has 0 unspecified atom stereocenters. The zero-order valence-corrected chi connectivity index (χ0v) is 27.6. The Morgan fingerprint density at radius 1 is 1.16 bits per heavy atom. The normalized spacial score (nSPS) is 18.4. The van der Waals surface area contributed by atoms with Gasteiger partial charge in [-0.25, -0.2) is 9.78 Å². The Morgan fingerprint density at radius 3 is 2.40 bits per heavy atom. The standard InChI is InChI=1S/C31H50N4O7S/c1-8-12-22(37)14-16-35(30(39)27(20(5)9-2)33-28(38)24-13-10-11-15-34(24)7)25(19(3)4)17-26(42-21(6)36)29-32-23(18-43-29)31(40)41/h18-20,24-27H,8-17H2,1-7H3,(H,33,38)(H,40,41)/t20-,24+,25+,26+,27-/m0/s1. The summed E-state index contributed by atoms with van der Waals surface area (Å²) in [6.45, 7) is 12.0. The second-order valence-electron chi connectivity index (χ2n) is 12.0. The molecular formula is C31H50N4O7S. The number of thiazole rings is 1. The maximum atomic E-state index is 14.5. The van der Waals surface area contributed by atoms with Gasteiger partial charge >= 0.3 is 11.9 Å². The molecule has 0 radical (unpaired) electrons. The minimum Gasteiger partial charge on any atom is -0.476 e. The summed E-state index contributed by atoms with van der Waals surface area (Å²) in [5.41, 5.74) is -0.149. The molecule has 43 heavy (non-hydrogen) atoms. The van der Waals surface area contributed by atoms with Gasteiger partial charge in [-0.2, -0.15) is 0 Å². The number of likely N-dealkylation sites (tertiary alicyclic amines) is 1. The number of nitrogens with one attached hydrogen (secondary N) is 1. The fourth-order valence-electron chi connectivity index (χ4n) is 5.52. The predicted molar refractivity (Wildman–Crippen MR) is 165 cm³/mol. The Kier molecular flexibility index (Phi) is 14.7. The van der Waals surface area contributed by atoms with Crippen LogP contribution < -0.4 is 5.32 Å². The molecule has 1 aromatic heterocycles. The lowest BCUT2D eigenvalue weighted by molar-refractivity contribution is -0.149. The fraction of sp³-hybridized carbons (Fsp3) is 0.742. The second-order valence-corrected chi connectivity index (χ2v) is 12.8. The summed E-state index contributed by atoms with van der Waals surface area (Å²) < 4.78 is 5.62. The molecule has 1 fully saturated rings. The molecule has 2 amide bonds. The van der Waals surface area contributed by atoms with E-state index < -0.39 is 30.1 Å². The first-order chi connectivity index (χ1) is 20.3. The van der Waals surface area contributed by atoms with Crippen molar-refractivity contribution >= 4 is 40.9 Å². The van der Waals surface area contributed by atoms with E-state index in [4.69, 9.17) is 4.74 Å². The van der Waals surface area contributed by atoms with Gasteiger partial charge in [0.2, 0.25) is 11.8 Å². The van der Waals surface area contributed by atoms with E-state index in [0.717, 1.165) is 37.1 Å². The number of carboxylic acids is 1. The first-order valence-corrected chi connectivity index (χ1v) is 16.4. The van der Waals surface area contributed by atoms with Crippen molar-refractivity contribution in [3.8, 4) is 0 Å². The van der Waals surface area contributed by atoms with Crippen molar-refractivity contribution in [1.82, 2.24) is 20.1 Å². The van der Waals surface area contributed by atoms with Crippen LogP contribution in [0.25, 0.3) is 0 Å². The second kappa shape index (κ2) is 17.4. The van der Waals surface area contributed by atoms with Gasteiger partial charge in [0.05, 0.1) is 6.04 Å². The SMILES string of the molecule is CCCC(=O)CCN(C(=O)[C@@H](NC(=O)[C@H]1CCCCN1C)[C@@H](C)CC)[C@H](C[C@@H](OC(C)=O)c1nc(C(=O)O)cs1)C(C)C. The lowest BCUT2D eigenvalue weighted by Crippen LogP contribution is -2.59. The lowest BCUT2D eigenvalue weighted by Gasteiger charge is -2.40. The molecule has 2 rings (SSSR count). The van der Waals surface area contributed by atoms with E-state index in [0.29, 0.717) is 24.3 Å². The Morgan fingerprint density at radius 2 is 1.86 bits per heavy atom. The van der Waals surface area contributed by atoms with Crippen LogP contribution in [0.5, 0.6) is 0 Å². The average molecular weight is 623 g/mol. The molecule has 2 heterocycles. The summed E-state index contributed by atoms with van der Waals surface area (Å²) in [6, 6.07) is -1.61. The Labute approximate surface area is 259 Å². The Bertz CT molecular complexity index is 1110. The van der Waals surface area contributed by atoms with Crippen LogP contribution in [0.3, 0.4) is 0 Å². The number of rotatable bonds is 17. The minimum atomic E-state index is -1.19. The van der Waals surface area contributed by atoms with Crippen molar-refractivity contribution in [3.05, 3.63) is 16.1 Å². The molecule has 2 N–H and O–H groups in total. The van der Waals surface area contributed by atoms with Crippen LogP contribution in [0.1, 0.15) is 115 Å². The maximum Gasteiger partial charge on any atom is 0.355 e. The smallest absolute Gasteiger partial charge is 0.355 e. The number of hydrogen-bond acceptors (Lipinski definition) is 9. The van der Waals surface area contributed by atoms with Crippen LogP contribution in [0.2, 0.25) is 0 Å². The summed E-state index contributed by atoms with van der Waals surface area (Å²) in [7, 11) is 1.92. The van der Waals surface area contributed by atoms with Crippen LogP contribution in [0, 0.1) is 11.8 Å². The number of nitrogens with zero attached hydrogens (tertiary/aromatic N) is 3. The number of ketones is 1. The highest BCUT2D eigenvalue weighted by molar-refractivity contribution is 7.09. The molecule has 0 spiro atoms. The first-order valence-electron chi connectivity index (χ1n) is 15.5. The van der Waals surface area contributed by atoms with Crippen LogP contribution >= 0.6 is 11.3 Å². The third-order valence-corrected chi connectivity index (χ3v) is 9.18. The van der Waals surface area contributed by atoms with Gasteiger partial charge in [-0.05, 0) is 44.7 Å². The summed E-state index contributed by atoms with van der Waals surface area (Å²) in [5.74, 6) is -2.46. The summed E-state index contributed by atoms with van der Waals surface area (Å²) >= 11 is 1.08. The molecule has 0 bridgehead atoms. The molecule has 0 aliphatic carbocycles. The van der Waals surface area contributed by atoms with Crippen molar-refractivity contribution < 1.29 is 33.8 Å². The van der Waals surface area contributed by atoms with Crippen molar-refractivity contribution in [2.45, 2.75) is 117 Å². The highest BCUT2D eigenvalue weighted by Crippen LogP contribution is 2.32. The Hall–Kier alpha value is -2.86. The summed E-state index contributed by atoms with van der Waals surface area (Å²) in [6.07, 6.45) is 3.88. The number of Topliss-reactive ketones (excluding diaryl/α,β-unsaturated/α-hetero) is 1. The van der Waals surface area contributed by atoms with E-state index in [-0.39, 0.29) is 60.6 Å². The molecule has 0 saturated carbocycles. The Balaban J connectivity index is 2.48. The molecule has 1 aliphatic rings. The zero-order chi connectivity index (χ0) is 32.3. The van der Waals surface area contributed by atoms with Crippen molar-refractivity contribution in [2.75, 3.05) is 20.1 Å². The number of hydrogen-bond donors (Lipinski definition) is 2. The van der Waals surface area contributed by atoms with Gasteiger partial charge in [-0.15, -0.1) is 11.3 Å². The highest BCUT2D eigenvalue weighted by atomic mass is 32.1. The summed E-state index contributed by atoms with van der Waals surface area (Å²) in [4.78, 5) is 72.1. The van der Waals surface area contributed by atoms with Crippen LogP contribution in [-0.4, -0.2) is 87.7 Å². The molecule has 1 aromatic rings. The molecule has 0 aromatic carbocycles. The number of carbonyl (C=O) groups excluding carboxylic acids is 4. The molecule has 12 heteroatoms. The number of aromatic nitrogens is 1. The molecule has 242 valence electrons. The number of carboxylic acid groups (broad SMARTS) is 1. The molecule has 1 aliphatic heterocycles. The van der Waals surface area contributed by atoms with E-state index in [2.05, 4.69) is 10.3 Å². The monoisotopic (exact) mass is 622 g/mol. The van der Waals surface area contributed by atoms with E-state index >= 15 is 0 Å². The van der Waals surface area contributed by atoms with Gasteiger partial charge in [0.15, 0.2) is 11.8 Å². The van der Waals surface area contributed by atoms with Crippen molar-refractivity contribution in [3.63, 3.8) is 0 Å². The van der Waals surface area contributed by atoms with Crippen LogP contribution in [0.4, 0.5) is 0 Å². The van der Waals surface area contributed by atoms with E-state index in [9.17, 15) is 29.1 Å². The third-order valence-electron chi connectivity index (χ3n) is 8.24. The highest BCUT2D eigenvalue weighted by Gasteiger charge is 2.38. The van der Waals surface area contributed by atoms with Gasteiger partial charge in [0.1, 0.15) is 16.8 Å². The maximum absolute atomic E-state index is 14.5. The third kappa shape index (κ3) is 10.7. The number of carbonyl (C=O) groups is 5. The molecule has 1 saturated heterocycles. The number of piperidine rings is 1. The summed E-state index contributed by atoms with van der Waals surface area (Å²) in [5, 5.41) is 14.2. The quantitative estimate of drug-likeness (QED) is 0.240. The number of esters is 1. The van der Waals surface area contributed by atoms with Gasteiger partial charge in [-0.1, -0.05) is 47.5 Å². The average Bonchev–Trinajstić information content (AvgIpc) is 3.45. The number of likely N-dealkylation sites (N-methyl/N-ethyl adjacent to an activating group) is 1. The van der Waals surface area contributed by atoms with Crippen molar-refractivity contribution in [2.24, 2.45) is 11.8 Å². The van der Waals surface area contributed by atoms with Gasteiger partial charge < -0.3 is 20.1 Å². The van der Waals surface area contributed by atoms with Gasteiger partial charge in [-0.3, -0.25) is 24.1 Å². The van der Waals surface area contributed by atoms with E-state index in [1.54, 1.807) is 4.90 Å². The van der Waals surface area contributed by atoms with E-state index in [1.165, 1.54) is 12.3 Å². The van der Waals surface area contributed by atoms with Gasteiger partial charge in [0.25, 0.3) is 0 Å². The number of aromatic carboxylic acids is 1. The predicted octanol–water partition coefficient (Wildman–Crippen LogP) is 4.46. The van der Waals surface area contributed by atoms with E-state index in [1.807, 2.05) is 46.6 Å². The fourth-order valence-corrected chi connectivity index (χ4v) is 6.35. The minimum absolute atomic E-state index is 0.0401. The van der Waals surface area contributed by atoms with Crippen molar-refractivity contribution in [1.29, 1.82) is 0 Å². The molecular weight excluding hydrogens is 572 g/mol. The molecule has 11 nitrogen and oxygen atoms in total. The lowest BCUT2D eigenvalue weighted by atomic mass is 9.91.